The molecule has 2 aromatic carbocycles. The minimum atomic E-state index is -4.90. The molecule has 0 spiro atoms. The van der Waals surface area contributed by atoms with Crippen molar-refractivity contribution in [3.05, 3.63) is 41.7 Å². The van der Waals surface area contributed by atoms with Crippen LogP contribution in [0, 0.1) is 23.6 Å². The zero-order valence-electron chi connectivity index (χ0n) is 19.6. The summed E-state index contributed by atoms with van der Waals surface area (Å²) in [5.41, 5.74) is 1.18. The first kappa shape index (κ1) is 24.3. The number of fused-ring (bicyclic) bond motifs is 2. The molecule has 0 heterocycles. The second-order valence-corrected chi connectivity index (χ2v) is 10.3. The Balaban J connectivity index is 1.35. The molecule has 2 fully saturated rings. The third kappa shape index (κ3) is 6.22. The van der Waals surface area contributed by atoms with Crippen molar-refractivity contribution >= 4 is 10.8 Å². The number of benzene rings is 2. The van der Waals surface area contributed by atoms with Gasteiger partial charge in [0.15, 0.2) is 11.6 Å². The normalized spacial score (nSPS) is 25.7. The topological polar surface area (TPSA) is 9.23 Å². The second-order valence-electron chi connectivity index (χ2n) is 10.3. The predicted molar refractivity (Wildman–Crippen MR) is 125 cm³/mol. The Bertz CT molecular complexity index is 922. The number of alkyl halides is 3. The van der Waals surface area contributed by atoms with Crippen molar-refractivity contribution < 1.29 is 22.3 Å². The summed E-state index contributed by atoms with van der Waals surface area (Å²) in [5.74, 6) is 1.25. The molecule has 4 atom stereocenters. The van der Waals surface area contributed by atoms with Gasteiger partial charge in [0.2, 0.25) is 0 Å². The third-order valence-electron chi connectivity index (χ3n) is 8.08. The molecule has 0 saturated heterocycles. The lowest BCUT2D eigenvalue weighted by Gasteiger charge is -2.42. The van der Waals surface area contributed by atoms with E-state index < -0.39 is 17.9 Å². The van der Waals surface area contributed by atoms with E-state index in [2.05, 4.69) is 11.7 Å². The van der Waals surface area contributed by atoms with Crippen LogP contribution in [0.2, 0.25) is 0 Å². The first-order valence-electron chi connectivity index (χ1n) is 12.8. The molecule has 33 heavy (non-hydrogen) atoms. The molecule has 0 amide bonds. The highest BCUT2D eigenvalue weighted by molar-refractivity contribution is 5.85. The monoisotopic (exact) mass is 464 g/mol. The van der Waals surface area contributed by atoms with Crippen molar-refractivity contribution in [1.82, 2.24) is 0 Å². The van der Waals surface area contributed by atoms with Gasteiger partial charge in [-0.25, -0.2) is 4.39 Å². The van der Waals surface area contributed by atoms with Crippen molar-refractivity contribution in [2.24, 2.45) is 17.8 Å². The summed E-state index contributed by atoms with van der Waals surface area (Å²) in [7, 11) is 0. The van der Waals surface area contributed by atoms with Gasteiger partial charge in [0.1, 0.15) is 0 Å². The molecule has 2 saturated carbocycles. The Morgan fingerprint density at radius 1 is 0.879 bits per heavy atom. The van der Waals surface area contributed by atoms with E-state index in [9.17, 15) is 17.6 Å². The van der Waals surface area contributed by atoms with Crippen molar-refractivity contribution in [1.29, 1.82) is 0 Å². The van der Waals surface area contributed by atoms with Crippen LogP contribution in [0.4, 0.5) is 17.6 Å². The Kier molecular flexibility index (Phi) is 7.86. The maximum absolute atomic E-state index is 14.6. The lowest BCUT2D eigenvalue weighted by atomic mass is 9.63. The fourth-order valence-corrected chi connectivity index (χ4v) is 6.34. The average molecular weight is 465 g/mol. The molecule has 2 aliphatic carbocycles. The maximum atomic E-state index is 14.6. The lowest BCUT2D eigenvalue weighted by Crippen LogP contribution is -2.30. The number of unbranched alkanes of at least 4 members (excludes halogenated alkanes) is 4. The molecule has 2 aromatic rings. The van der Waals surface area contributed by atoms with Gasteiger partial charge in [-0.3, -0.25) is 0 Å². The Labute approximate surface area is 194 Å². The molecule has 0 bridgehead atoms. The van der Waals surface area contributed by atoms with Crippen LogP contribution in [0.5, 0.6) is 5.75 Å². The molecule has 2 aliphatic rings. The highest BCUT2D eigenvalue weighted by Gasteiger charge is 2.36. The van der Waals surface area contributed by atoms with E-state index in [1.165, 1.54) is 82.3 Å². The zero-order valence-corrected chi connectivity index (χ0v) is 19.6. The highest BCUT2D eigenvalue weighted by atomic mass is 19.4. The molecule has 2 unspecified atom stereocenters. The fourth-order valence-electron chi connectivity index (χ4n) is 6.34. The van der Waals surface area contributed by atoms with E-state index in [0.717, 1.165) is 30.2 Å². The van der Waals surface area contributed by atoms with Crippen LogP contribution in [0.25, 0.3) is 10.8 Å². The summed E-state index contributed by atoms with van der Waals surface area (Å²) in [6.45, 7) is 2.26. The van der Waals surface area contributed by atoms with E-state index in [1.807, 2.05) is 12.1 Å². The fraction of sp³-hybridized carbons (Fsp3) is 0.643. The first-order chi connectivity index (χ1) is 15.8. The van der Waals surface area contributed by atoms with Gasteiger partial charge in [-0.15, -0.1) is 13.2 Å². The lowest BCUT2D eigenvalue weighted by molar-refractivity contribution is -0.275. The van der Waals surface area contributed by atoms with Crippen LogP contribution < -0.4 is 4.74 Å². The van der Waals surface area contributed by atoms with Crippen LogP contribution in [0.1, 0.15) is 95.5 Å². The summed E-state index contributed by atoms with van der Waals surface area (Å²) < 4.78 is 55.9. The minimum Gasteiger partial charge on any atom is -0.403 e. The Morgan fingerprint density at radius 3 is 2.42 bits per heavy atom. The summed E-state index contributed by atoms with van der Waals surface area (Å²) >= 11 is 0. The van der Waals surface area contributed by atoms with Gasteiger partial charge < -0.3 is 4.74 Å². The van der Waals surface area contributed by atoms with Gasteiger partial charge in [-0.2, -0.15) is 0 Å². The van der Waals surface area contributed by atoms with Crippen molar-refractivity contribution in [3.63, 3.8) is 0 Å². The predicted octanol–water partition coefficient (Wildman–Crippen LogP) is 9.54. The number of hydrogen-bond acceptors (Lipinski definition) is 1. The zero-order chi connectivity index (χ0) is 23.4. The highest BCUT2D eigenvalue weighted by Crippen LogP contribution is 2.48. The molecule has 1 nitrogen and oxygen atoms in total. The standard InChI is InChI=1S/C28H36F4O/c1-2-3-4-5-6-7-19-8-9-21-17-22(11-10-20(21)16-19)23-12-14-25-24(18-23)13-15-26(27(25)29)33-28(30,31)32/h12-15,18-22H,2-11,16-17H2,1H3/t19-,20?,21-,22?/m1/s1. The summed E-state index contributed by atoms with van der Waals surface area (Å²) in [6, 6.07) is 8.08. The number of rotatable bonds is 8. The smallest absolute Gasteiger partial charge is 0.403 e. The molecular weight excluding hydrogens is 428 g/mol. The Morgan fingerprint density at radius 2 is 1.64 bits per heavy atom. The van der Waals surface area contributed by atoms with Crippen molar-refractivity contribution in [2.45, 2.75) is 96.3 Å². The molecule has 0 aliphatic heterocycles. The first-order valence-corrected chi connectivity index (χ1v) is 12.8. The largest absolute Gasteiger partial charge is 0.573 e. The average Bonchev–Trinajstić information content (AvgIpc) is 2.79. The van der Waals surface area contributed by atoms with E-state index in [0.29, 0.717) is 11.3 Å². The minimum absolute atomic E-state index is 0.175. The maximum Gasteiger partial charge on any atom is 0.573 e. The molecule has 0 aromatic heterocycles. The molecule has 182 valence electrons. The van der Waals surface area contributed by atoms with Gasteiger partial charge in [0.05, 0.1) is 0 Å². The van der Waals surface area contributed by atoms with Gasteiger partial charge in [-0.05, 0) is 72.8 Å². The SMILES string of the molecule is CCCCCCC[C@@H]1CC[C@@H]2CC(c3ccc4c(F)c(OC(F)(F)F)ccc4c3)CCC2C1. The van der Waals surface area contributed by atoms with Gasteiger partial charge in [-0.1, -0.05) is 76.1 Å². The van der Waals surface area contributed by atoms with Crippen LogP contribution in [0.15, 0.2) is 30.3 Å². The summed E-state index contributed by atoms with van der Waals surface area (Å²) in [6.07, 6.45) is 10.9. The second kappa shape index (κ2) is 10.7. The molecule has 5 heteroatoms. The third-order valence-corrected chi connectivity index (χ3v) is 8.08. The van der Waals surface area contributed by atoms with Gasteiger partial charge in [0.25, 0.3) is 0 Å². The molecule has 0 radical (unpaired) electrons. The van der Waals surface area contributed by atoms with Gasteiger partial charge >= 0.3 is 6.36 Å². The molecule has 0 N–H and O–H groups in total. The van der Waals surface area contributed by atoms with E-state index >= 15 is 0 Å². The quantitative estimate of drug-likeness (QED) is 0.279. The summed E-state index contributed by atoms with van der Waals surface area (Å²) in [4.78, 5) is 0. The molecular formula is C28H36F4O. The van der Waals surface area contributed by atoms with Crippen LogP contribution in [-0.2, 0) is 0 Å². The van der Waals surface area contributed by atoms with Crippen LogP contribution in [-0.4, -0.2) is 6.36 Å². The van der Waals surface area contributed by atoms with E-state index in [1.54, 1.807) is 6.07 Å². The van der Waals surface area contributed by atoms with E-state index in [-0.39, 0.29) is 5.39 Å². The number of ether oxygens (including phenoxy) is 1. The Hall–Kier alpha value is -1.78. The van der Waals surface area contributed by atoms with Crippen molar-refractivity contribution in [3.8, 4) is 5.75 Å². The number of halogens is 4. The number of hydrogen-bond donors (Lipinski definition) is 0. The molecule has 4 rings (SSSR count). The van der Waals surface area contributed by atoms with Crippen LogP contribution in [0.3, 0.4) is 0 Å². The summed E-state index contributed by atoms with van der Waals surface area (Å²) in [5, 5.41) is 0.807. The van der Waals surface area contributed by atoms with Gasteiger partial charge in [0, 0.05) is 5.39 Å². The van der Waals surface area contributed by atoms with Crippen molar-refractivity contribution in [2.75, 3.05) is 0 Å². The van der Waals surface area contributed by atoms with Crippen LogP contribution >= 0.6 is 0 Å². The van der Waals surface area contributed by atoms with E-state index in [4.69, 9.17) is 0 Å².